The Bertz CT molecular complexity index is 219. The Hall–Kier alpha value is -0.610. The summed E-state index contributed by atoms with van der Waals surface area (Å²) in [4.78, 5) is 14.0. The number of likely N-dealkylation sites (N-methyl/N-ethyl adjacent to an activating group) is 2. The highest BCUT2D eigenvalue weighted by Crippen LogP contribution is 2.08. The second-order valence-corrected chi connectivity index (χ2v) is 4.79. The van der Waals surface area contributed by atoms with Gasteiger partial charge in [0, 0.05) is 12.6 Å². The highest BCUT2D eigenvalue weighted by Gasteiger charge is 2.23. The van der Waals surface area contributed by atoms with E-state index in [4.69, 9.17) is 4.74 Å². The third-order valence-corrected chi connectivity index (χ3v) is 3.15. The minimum Gasteiger partial charge on any atom is -0.465 e. The highest BCUT2D eigenvalue weighted by molar-refractivity contribution is 5.76. The van der Waals surface area contributed by atoms with Crippen LogP contribution in [0.4, 0.5) is 0 Å². The molecule has 0 fully saturated rings. The van der Waals surface area contributed by atoms with Gasteiger partial charge in [0.1, 0.15) is 6.04 Å². The van der Waals surface area contributed by atoms with E-state index in [1.54, 1.807) is 0 Å². The van der Waals surface area contributed by atoms with E-state index in [1.807, 2.05) is 20.9 Å². The molecule has 0 aliphatic carbocycles. The van der Waals surface area contributed by atoms with Crippen molar-refractivity contribution in [3.8, 4) is 0 Å². The van der Waals surface area contributed by atoms with Crippen LogP contribution in [0, 0.1) is 5.92 Å². The topological polar surface area (TPSA) is 41.6 Å². The van der Waals surface area contributed by atoms with Crippen molar-refractivity contribution in [3.63, 3.8) is 0 Å². The Balaban J connectivity index is 4.37. The standard InChI is InChI=1S/C13H28N2O2/c1-7-14-12(13(16)17-8-2)9-15(6)11(5)10(3)4/h10-12,14H,7-9H2,1-6H3. The molecule has 17 heavy (non-hydrogen) atoms. The molecule has 2 unspecified atom stereocenters. The number of hydrogen-bond donors (Lipinski definition) is 1. The molecule has 0 aliphatic heterocycles. The van der Waals surface area contributed by atoms with Crippen molar-refractivity contribution in [2.24, 2.45) is 5.92 Å². The largest absolute Gasteiger partial charge is 0.465 e. The predicted octanol–water partition coefficient (Wildman–Crippen LogP) is 1.50. The zero-order valence-corrected chi connectivity index (χ0v) is 12.1. The van der Waals surface area contributed by atoms with Gasteiger partial charge in [0.25, 0.3) is 0 Å². The first-order chi connectivity index (χ1) is 7.93. The first-order valence-corrected chi connectivity index (χ1v) is 6.54. The molecule has 0 aromatic carbocycles. The molecule has 0 saturated carbocycles. The molecule has 102 valence electrons. The number of carbonyl (C=O) groups excluding carboxylic acids is 1. The van der Waals surface area contributed by atoms with Gasteiger partial charge in [-0.3, -0.25) is 4.79 Å². The fraction of sp³-hybridized carbons (Fsp3) is 0.923. The molecule has 4 nitrogen and oxygen atoms in total. The predicted molar refractivity (Wildman–Crippen MR) is 71.0 cm³/mol. The summed E-state index contributed by atoms with van der Waals surface area (Å²) in [5.74, 6) is 0.418. The van der Waals surface area contributed by atoms with Gasteiger partial charge in [-0.15, -0.1) is 0 Å². The third-order valence-electron chi connectivity index (χ3n) is 3.15. The lowest BCUT2D eigenvalue weighted by atomic mass is 10.0. The maximum absolute atomic E-state index is 11.7. The van der Waals surface area contributed by atoms with Gasteiger partial charge in [-0.25, -0.2) is 0 Å². The van der Waals surface area contributed by atoms with Crippen LogP contribution in [0.25, 0.3) is 0 Å². The summed E-state index contributed by atoms with van der Waals surface area (Å²) in [6.45, 7) is 12.3. The van der Waals surface area contributed by atoms with Crippen LogP contribution >= 0.6 is 0 Å². The van der Waals surface area contributed by atoms with Crippen LogP contribution in [-0.2, 0) is 9.53 Å². The van der Waals surface area contributed by atoms with E-state index >= 15 is 0 Å². The zero-order valence-electron chi connectivity index (χ0n) is 12.1. The minimum atomic E-state index is -0.230. The van der Waals surface area contributed by atoms with Crippen LogP contribution in [0.3, 0.4) is 0 Å². The summed E-state index contributed by atoms with van der Waals surface area (Å²) in [5.41, 5.74) is 0. The molecule has 1 N–H and O–H groups in total. The Labute approximate surface area is 106 Å². The minimum absolute atomic E-state index is 0.155. The fourth-order valence-corrected chi connectivity index (χ4v) is 1.67. The SMILES string of the molecule is CCNC(CN(C)C(C)C(C)C)C(=O)OCC. The average Bonchev–Trinajstić information content (AvgIpc) is 2.27. The van der Waals surface area contributed by atoms with Gasteiger partial charge in [-0.2, -0.15) is 0 Å². The van der Waals surface area contributed by atoms with Crippen molar-refractivity contribution in [2.45, 2.75) is 46.7 Å². The van der Waals surface area contributed by atoms with E-state index in [1.165, 1.54) is 0 Å². The molecule has 0 heterocycles. The van der Waals surface area contributed by atoms with Gasteiger partial charge >= 0.3 is 5.97 Å². The average molecular weight is 244 g/mol. The molecule has 0 amide bonds. The molecular formula is C13H28N2O2. The van der Waals surface area contributed by atoms with Gasteiger partial charge in [0.15, 0.2) is 0 Å². The Kier molecular flexibility index (Phi) is 8.17. The second-order valence-electron chi connectivity index (χ2n) is 4.79. The summed E-state index contributed by atoms with van der Waals surface area (Å²) < 4.78 is 5.07. The van der Waals surface area contributed by atoms with Crippen molar-refractivity contribution in [1.82, 2.24) is 10.2 Å². The number of nitrogens with zero attached hydrogens (tertiary/aromatic N) is 1. The third kappa shape index (κ3) is 6.03. The van der Waals surface area contributed by atoms with Crippen molar-refractivity contribution < 1.29 is 9.53 Å². The first-order valence-electron chi connectivity index (χ1n) is 6.54. The monoisotopic (exact) mass is 244 g/mol. The number of hydrogen-bond acceptors (Lipinski definition) is 4. The van der Waals surface area contributed by atoms with E-state index < -0.39 is 0 Å². The molecule has 0 aromatic heterocycles. The number of ether oxygens (including phenoxy) is 1. The normalized spacial score (nSPS) is 15.1. The fourth-order valence-electron chi connectivity index (χ4n) is 1.67. The molecule has 0 saturated heterocycles. The highest BCUT2D eigenvalue weighted by atomic mass is 16.5. The molecular weight excluding hydrogens is 216 g/mol. The maximum atomic E-state index is 11.7. The molecule has 0 radical (unpaired) electrons. The van der Waals surface area contributed by atoms with Crippen LogP contribution in [0.5, 0.6) is 0 Å². The van der Waals surface area contributed by atoms with Crippen LogP contribution < -0.4 is 5.32 Å². The van der Waals surface area contributed by atoms with E-state index in [0.29, 0.717) is 25.1 Å². The summed E-state index contributed by atoms with van der Waals surface area (Å²) >= 11 is 0. The van der Waals surface area contributed by atoms with Crippen molar-refractivity contribution in [3.05, 3.63) is 0 Å². The Morgan fingerprint density at radius 3 is 2.29 bits per heavy atom. The molecule has 0 spiro atoms. The quantitative estimate of drug-likeness (QED) is 0.657. The van der Waals surface area contributed by atoms with Gasteiger partial charge in [0.2, 0.25) is 0 Å². The van der Waals surface area contributed by atoms with Crippen molar-refractivity contribution in [1.29, 1.82) is 0 Å². The van der Waals surface area contributed by atoms with Gasteiger partial charge in [-0.05, 0) is 33.4 Å². The zero-order chi connectivity index (χ0) is 13.4. The lowest BCUT2D eigenvalue weighted by molar-refractivity contribution is -0.146. The summed E-state index contributed by atoms with van der Waals surface area (Å²) in [6.07, 6.45) is 0. The van der Waals surface area contributed by atoms with Crippen LogP contribution in [0.2, 0.25) is 0 Å². The van der Waals surface area contributed by atoms with Gasteiger partial charge < -0.3 is 15.0 Å². The number of rotatable bonds is 8. The molecule has 4 heteroatoms. The first kappa shape index (κ1) is 16.4. The molecule has 0 bridgehead atoms. The maximum Gasteiger partial charge on any atom is 0.324 e. The molecule has 0 aromatic rings. The van der Waals surface area contributed by atoms with E-state index in [-0.39, 0.29) is 12.0 Å². The lowest BCUT2D eigenvalue weighted by Crippen LogP contribution is -2.48. The van der Waals surface area contributed by atoms with Crippen molar-refractivity contribution in [2.75, 3.05) is 26.7 Å². The van der Waals surface area contributed by atoms with Crippen LogP contribution in [0.1, 0.15) is 34.6 Å². The summed E-state index contributed by atoms with van der Waals surface area (Å²) in [6, 6.07) is 0.219. The lowest BCUT2D eigenvalue weighted by Gasteiger charge is -2.30. The summed E-state index contributed by atoms with van der Waals surface area (Å²) in [7, 11) is 2.05. The second kappa shape index (κ2) is 8.48. The molecule has 2 atom stereocenters. The van der Waals surface area contributed by atoms with Gasteiger partial charge in [0.05, 0.1) is 6.61 Å². The molecule has 0 aliphatic rings. The van der Waals surface area contributed by atoms with E-state index in [2.05, 4.69) is 31.0 Å². The van der Waals surface area contributed by atoms with Crippen LogP contribution in [-0.4, -0.2) is 49.7 Å². The smallest absolute Gasteiger partial charge is 0.324 e. The molecule has 0 rings (SSSR count). The van der Waals surface area contributed by atoms with Crippen molar-refractivity contribution >= 4 is 5.97 Å². The van der Waals surface area contributed by atoms with E-state index in [0.717, 1.165) is 6.54 Å². The number of carbonyl (C=O) groups is 1. The Morgan fingerprint density at radius 2 is 1.88 bits per heavy atom. The number of esters is 1. The summed E-state index contributed by atoms with van der Waals surface area (Å²) in [5, 5.41) is 3.18. The number of nitrogens with one attached hydrogen (secondary N) is 1. The Morgan fingerprint density at radius 1 is 1.29 bits per heavy atom. The van der Waals surface area contributed by atoms with Gasteiger partial charge in [-0.1, -0.05) is 20.8 Å². The van der Waals surface area contributed by atoms with Crippen LogP contribution in [0.15, 0.2) is 0 Å². The van der Waals surface area contributed by atoms with E-state index in [9.17, 15) is 4.79 Å².